The third-order valence-corrected chi connectivity index (χ3v) is 3.60. The number of amides is 1. The predicted octanol–water partition coefficient (Wildman–Crippen LogP) is 0.632. The fraction of sp³-hybridized carbons (Fsp3) is 0.429. The predicted molar refractivity (Wildman–Crippen MR) is 72.8 cm³/mol. The molecule has 0 spiro atoms. The number of rotatable bonds is 3. The van der Waals surface area contributed by atoms with Crippen LogP contribution in [-0.2, 0) is 4.79 Å². The second-order valence-corrected chi connectivity index (χ2v) is 5.14. The molecule has 1 fully saturated rings. The second-order valence-electron chi connectivity index (χ2n) is 5.14. The van der Waals surface area contributed by atoms with Crippen molar-refractivity contribution in [3.8, 4) is 5.75 Å². The van der Waals surface area contributed by atoms with Crippen LogP contribution >= 0.6 is 0 Å². The molecule has 6 heteroatoms. The van der Waals surface area contributed by atoms with E-state index in [-0.39, 0.29) is 18.9 Å². The molecule has 1 saturated heterocycles. The molecule has 6 nitrogen and oxygen atoms in total. The molecule has 0 bridgehead atoms. The number of nitrogens with zero attached hydrogens (tertiary/aromatic N) is 1. The van der Waals surface area contributed by atoms with Gasteiger partial charge in [-0.3, -0.25) is 9.59 Å². The van der Waals surface area contributed by atoms with E-state index in [0.29, 0.717) is 17.9 Å². The molecule has 1 aromatic carbocycles. The van der Waals surface area contributed by atoms with Crippen LogP contribution in [-0.4, -0.2) is 47.6 Å². The smallest absolute Gasteiger partial charge is 0.325 e. The van der Waals surface area contributed by atoms with E-state index in [9.17, 15) is 9.59 Å². The van der Waals surface area contributed by atoms with E-state index >= 15 is 0 Å². The van der Waals surface area contributed by atoms with Gasteiger partial charge in [-0.25, -0.2) is 0 Å². The summed E-state index contributed by atoms with van der Waals surface area (Å²) < 4.78 is 5.19. The maximum atomic E-state index is 12.5. The Labute approximate surface area is 117 Å². The van der Waals surface area contributed by atoms with Gasteiger partial charge in [-0.05, 0) is 25.5 Å². The quantitative estimate of drug-likeness (QED) is 0.846. The molecule has 2 rings (SSSR count). The zero-order chi connectivity index (χ0) is 14.9. The number of carboxylic acids is 1. The number of carbonyl (C=O) groups is 2. The number of benzene rings is 1. The minimum Gasteiger partial charge on any atom is -0.496 e. The highest BCUT2D eigenvalue weighted by Gasteiger charge is 2.43. The van der Waals surface area contributed by atoms with E-state index in [1.165, 1.54) is 12.0 Å². The average Bonchev–Trinajstić information content (AvgIpc) is 2.82. The van der Waals surface area contributed by atoms with Crippen molar-refractivity contribution in [1.29, 1.82) is 0 Å². The number of aliphatic carboxylic acids is 1. The highest BCUT2D eigenvalue weighted by atomic mass is 16.5. The average molecular weight is 278 g/mol. The van der Waals surface area contributed by atoms with Crippen LogP contribution in [0, 0.1) is 6.92 Å². The summed E-state index contributed by atoms with van der Waals surface area (Å²) >= 11 is 0. The van der Waals surface area contributed by atoms with Gasteiger partial charge < -0.3 is 20.5 Å². The lowest BCUT2D eigenvalue weighted by molar-refractivity contribution is -0.142. The molecular weight excluding hydrogens is 260 g/mol. The number of ether oxygens (including phenoxy) is 1. The zero-order valence-corrected chi connectivity index (χ0v) is 11.5. The number of carboxylic acid groups (broad SMARTS) is 1. The van der Waals surface area contributed by atoms with E-state index in [1.807, 2.05) is 13.0 Å². The van der Waals surface area contributed by atoms with Gasteiger partial charge in [-0.2, -0.15) is 0 Å². The Morgan fingerprint density at radius 1 is 1.45 bits per heavy atom. The van der Waals surface area contributed by atoms with Gasteiger partial charge in [0.25, 0.3) is 5.91 Å². The lowest BCUT2D eigenvalue weighted by Crippen LogP contribution is -2.50. The van der Waals surface area contributed by atoms with Crippen molar-refractivity contribution < 1.29 is 19.4 Å². The largest absolute Gasteiger partial charge is 0.496 e. The molecule has 0 saturated carbocycles. The van der Waals surface area contributed by atoms with Crippen molar-refractivity contribution in [2.24, 2.45) is 5.73 Å². The Morgan fingerprint density at radius 3 is 2.70 bits per heavy atom. The van der Waals surface area contributed by atoms with Crippen molar-refractivity contribution in [3.05, 3.63) is 29.3 Å². The Balaban J connectivity index is 2.25. The first-order valence-corrected chi connectivity index (χ1v) is 6.33. The van der Waals surface area contributed by atoms with Gasteiger partial charge in [-0.15, -0.1) is 0 Å². The molecule has 1 heterocycles. The number of hydrogen-bond donors (Lipinski definition) is 2. The Kier molecular flexibility index (Phi) is 3.67. The summed E-state index contributed by atoms with van der Waals surface area (Å²) in [6.07, 6.45) is 0.252. The van der Waals surface area contributed by atoms with Gasteiger partial charge in [0.1, 0.15) is 11.3 Å². The van der Waals surface area contributed by atoms with Gasteiger partial charge in [0.15, 0.2) is 0 Å². The first-order valence-electron chi connectivity index (χ1n) is 6.33. The molecule has 0 aromatic heterocycles. The van der Waals surface area contributed by atoms with E-state index in [1.54, 1.807) is 12.1 Å². The molecule has 3 N–H and O–H groups in total. The molecule has 1 unspecified atom stereocenters. The van der Waals surface area contributed by atoms with E-state index < -0.39 is 11.5 Å². The van der Waals surface area contributed by atoms with Gasteiger partial charge in [0, 0.05) is 13.1 Å². The Morgan fingerprint density at radius 2 is 2.15 bits per heavy atom. The molecule has 1 aliphatic heterocycles. The monoisotopic (exact) mass is 278 g/mol. The van der Waals surface area contributed by atoms with E-state index in [4.69, 9.17) is 15.6 Å². The Hall–Kier alpha value is -2.08. The molecule has 1 aromatic rings. The second kappa shape index (κ2) is 5.13. The minimum absolute atomic E-state index is 0.0122. The maximum Gasteiger partial charge on any atom is 0.325 e. The van der Waals surface area contributed by atoms with Crippen LogP contribution in [0.1, 0.15) is 22.3 Å². The first-order chi connectivity index (χ1) is 9.37. The van der Waals surface area contributed by atoms with Crippen LogP contribution in [0.5, 0.6) is 5.75 Å². The number of aryl methyl sites for hydroxylation is 1. The highest BCUT2D eigenvalue weighted by molar-refractivity contribution is 5.98. The molecule has 1 aliphatic rings. The number of hydrogen-bond acceptors (Lipinski definition) is 4. The minimum atomic E-state index is -1.35. The van der Waals surface area contributed by atoms with Gasteiger partial charge in [-0.1, -0.05) is 11.6 Å². The fourth-order valence-electron chi connectivity index (χ4n) is 2.34. The SMILES string of the molecule is COc1ccc(C)cc1C(=O)N1CCC(N)(C(=O)O)C1. The number of nitrogens with two attached hydrogens (primary N) is 1. The van der Waals surface area contributed by atoms with Crippen LogP contribution in [0.25, 0.3) is 0 Å². The topological polar surface area (TPSA) is 92.9 Å². The molecule has 20 heavy (non-hydrogen) atoms. The number of carbonyl (C=O) groups excluding carboxylic acids is 1. The van der Waals surface area contributed by atoms with Crippen molar-refractivity contribution in [1.82, 2.24) is 4.90 Å². The fourth-order valence-corrected chi connectivity index (χ4v) is 2.34. The third kappa shape index (κ3) is 2.46. The standard InChI is InChI=1S/C14H18N2O4/c1-9-3-4-11(20-2)10(7-9)12(17)16-6-5-14(15,8-16)13(18)19/h3-4,7H,5-6,8,15H2,1-2H3,(H,18,19). The van der Waals surface area contributed by atoms with Crippen molar-refractivity contribution in [2.75, 3.05) is 20.2 Å². The van der Waals surface area contributed by atoms with Crippen LogP contribution in [0.15, 0.2) is 18.2 Å². The summed E-state index contributed by atoms with van der Waals surface area (Å²) in [6, 6.07) is 5.31. The highest BCUT2D eigenvalue weighted by Crippen LogP contribution is 2.26. The van der Waals surface area contributed by atoms with E-state index in [2.05, 4.69) is 0 Å². The number of likely N-dealkylation sites (tertiary alicyclic amines) is 1. The molecule has 108 valence electrons. The molecule has 0 radical (unpaired) electrons. The summed E-state index contributed by atoms with van der Waals surface area (Å²) in [5.74, 6) is -0.853. The lowest BCUT2D eigenvalue weighted by Gasteiger charge is -2.21. The van der Waals surface area contributed by atoms with Crippen molar-refractivity contribution in [2.45, 2.75) is 18.9 Å². The normalized spacial score (nSPS) is 21.9. The number of methoxy groups -OCH3 is 1. The molecule has 1 amide bonds. The maximum absolute atomic E-state index is 12.5. The summed E-state index contributed by atoms with van der Waals surface area (Å²) in [7, 11) is 1.50. The summed E-state index contributed by atoms with van der Waals surface area (Å²) in [5, 5.41) is 9.10. The third-order valence-electron chi connectivity index (χ3n) is 3.60. The van der Waals surface area contributed by atoms with E-state index in [0.717, 1.165) is 5.56 Å². The van der Waals surface area contributed by atoms with Crippen LogP contribution < -0.4 is 10.5 Å². The zero-order valence-electron chi connectivity index (χ0n) is 11.5. The van der Waals surface area contributed by atoms with Crippen molar-refractivity contribution >= 4 is 11.9 Å². The van der Waals surface area contributed by atoms with Gasteiger partial charge in [0.05, 0.1) is 12.7 Å². The van der Waals surface area contributed by atoms with Crippen molar-refractivity contribution in [3.63, 3.8) is 0 Å². The molecular formula is C14H18N2O4. The van der Waals surface area contributed by atoms with Gasteiger partial charge in [0.2, 0.25) is 0 Å². The van der Waals surface area contributed by atoms with Gasteiger partial charge >= 0.3 is 5.97 Å². The molecule has 0 aliphatic carbocycles. The summed E-state index contributed by atoms with van der Waals surface area (Å²) in [5.41, 5.74) is 5.80. The summed E-state index contributed by atoms with van der Waals surface area (Å²) in [6.45, 7) is 2.22. The molecule has 1 atom stereocenters. The summed E-state index contributed by atoms with van der Waals surface area (Å²) in [4.78, 5) is 25.1. The first kappa shape index (κ1) is 14.3. The lowest BCUT2D eigenvalue weighted by atomic mass is 10.0. The van der Waals surface area contributed by atoms with Crippen LogP contribution in [0.3, 0.4) is 0 Å². The van der Waals surface area contributed by atoms with Crippen LogP contribution in [0.2, 0.25) is 0 Å². The van der Waals surface area contributed by atoms with Crippen LogP contribution in [0.4, 0.5) is 0 Å². The Bertz CT molecular complexity index is 558.